The maximum atomic E-state index is 5.78. The standard InChI is InChI=1S/C17H30N2OSi/c1-10(2)15-9-20-17(18-15)19-21(7,8)16-13(5)11(3)12(4)14(16)6/h10-11,15H,9H2,1-8H3,(H,18,19)/t11?,15-/m1/s1. The van der Waals surface area contributed by atoms with Crippen LogP contribution in [0.15, 0.2) is 26.9 Å². The van der Waals surface area contributed by atoms with Crippen LogP contribution in [-0.4, -0.2) is 26.9 Å². The van der Waals surface area contributed by atoms with E-state index in [1.54, 1.807) is 5.20 Å². The first kappa shape index (κ1) is 16.3. The SMILES string of the molecule is CC1=C(C)C(C)C(C)=C1[Si](C)(C)NC1=N[C@@H](C(C)C)CO1. The molecular formula is C17H30N2OSi. The Kier molecular flexibility index (Phi) is 4.38. The van der Waals surface area contributed by atoms with Gasteiger partial charge in [0.2, 0.25) is 0 Å². The molecule has 2 aliphatic rings. The Bertz CT molecular complexity index is 529. The van der Waals surface area contributed by atoms with E-state index in [-0.39, 0.29) is 0 Å². The van der Waals surface area contributed by atoms with Crippen molar-refractivity contribution in [1.82, 2.24) is 4.98 Å². The van der Waals surface area contributed by atoms with Crippen LogP contribution in [0.4, 0.5) is 0 Å². The summed E-state index contributed by atoms with van der Waals surface area (Å²) < 4.78 is 5.78. The molecule has 0 aromatic carbocycles. The van der Waals surface area contributed by atoms with Gasteiger partial charge in [-0.25, -0.2) is 4.99 Å². The number of hydrogen-bond acceptors (Lipinski definition) is 3. The summed E-state index contributed by atoms with van der Waals surface area (Å²) in [5.74, 6) is 1.11. The second-order valence-electron chi connectivity index (χ2n) is 7.39. The minimum Gasteiger partial charge on any atom is -0.464 e. The van der Waals surface area contributed by atoms with Crippen molar-refractivity contribution in [2.45, 2.75) is 60.7 Å². The van der Waals surface area contributed by atoms with Crippen molar-refractivity contribution in [2.75, 3.05) is 6.61 Å². The van der Waals surface area contributed by atoms with E-state index in [1.807, 2.05) is 0 Å². The molecule has 3 nitrogen and oxygen atoms in total. The third kappa shape index (κ3) is 2.96. The largest absolute Gasteiger partial charge is 0.464 e. The Hall–Kier alpha value is -1.03. The third-order valence-corrected chi connectivity index (χ3v) is 8.01. The maximum Gasteiger partial charge on any atom is 0.277 e. The fraction of sp³-hybridized carbons (Fsp3) is 0.706. The van der Waals surface area contributed by atoms with Gasteiger partial charge in [-0.1, -0.05) is 37.5 Å². The molecule has 0 radical (unpaired) electrons. The highest BCUT2D eigenvalue weighted by atomic mass is 28.3. The van der Waals surface area contributed by atoms with Crippen LogP contribution in [0.1, 0.15) is 41.5 Å². The monoisotopic (exact) mass is 306 g/mol. The highest BCUT2D eigenvalue weighted by Gasteiger charge is 2.37. The van der Waals surface area contributed by atoms with Crippen molar-refractivity contribution >= 4 is 14.3 Å². The lowest BCUT2D eigenvalue weighted by molar-refractivity contribution is 0.285. The Balaban J connectivity index is 2.22. The summed E-state index contributed by atoms with van der Waals surface area (Å²) in [5.41, 5.74) is 4.51. The minimum absolute atomic E-state index is 0.299. The van der Waals surface area contributed by atoms with Gasteiger partial charge in [0.15, 0.2) is 8.24 Å². The number of amidine groups is 1. The van der Waals surface area contributed by atoms with Gasteiger partial charge in [-0.05, 0) is 50.9 Å². The zero-order valence-corrected chi connectivity index (χ0v) is 15.8. The first-order chi connectivity index (χ1) is 9.65. The summed E-state index contributed by atoms with van der Waals surface area (Å²) in [6.45, 7) is 18.9. The van der Waals surface area contributed by atoms with Gasteiger partial charge < -0.3 is 9.72 Å². The molecule has 1 heterocycles. The van der Waals surface area contributed by atoms with E-state index in [2.05, 4.69) is 59.6 Å². The van der Waals surface area contributed by atoms with Crippen LogP contribution in [0.2, 0.25) is 13.1 Å². The van der Waals surface area contributed by atoms with Crippen molar-refractivity contribution in [2.24, 2.45) is 16.8 Å². The number of aliphatic imine (C=N–C) groups is 1. The van der Waals surface area contributed by atoms with Gasteiger partial charge in [-0.15, -0.1) is 0 Å². The lowest BCUT2D eigenvalue weighted by atomic mass is 10.0. The summed E-state index contributed by atoms with van der Waals surface area (Å²) in [6.07, 6.45) is 0. The minimum atomic E-state index is -1.79. The molecule has 0 amide bonds. The third-order valence-electron chi connectivity index (χ3n) is 5.15. The quantitative estimate of drug-likeness (QED) is 0.799. The van der Waals surface area contributed by atoms with Crippen LogP contribution in [0.3, 0.4) is 0 Å². The summed E-state index contributed by atoms with van der Waals surface area (Å²) >= 11 is 0. The molecule has 0 aromatic rings. The van der Waals surface area contributed by atoms with Gasteiger partial charge in [-0.2, -0.15) is 0 Å². The van der Waals surface area contributed by atoms with Crippen molar-refractivity contribution in [3.8, 4) is 0 Å². The molecular weight excluding hydrogens is 276 g/mol. The number of rotatable bonds is 3. The van der Waals surface area contributed by atoms with Crippen LogP contribution in [0.25, 0.3) is 0 Å². The molecule has 21 heavy (non-hydrogen) atoms. The van der Waals surface area contributed by atoms with Gasteiger partial charge in [0.25, 0.3) is 6.02 Å². The molecule has 0 fully saturated rings. The van der Waals surface area contributed by atoms with Crippen molar-refractivity contribution in [3.05, 3.63) is 21.9 Å². The molecule has 1 N–H and O–H groups in total. The number of hydrogen-bond donors (Lipinski definition) is 1. The number of nitrogens with one attached hydrogen (secondary N) is 1. The molecule has 1 aliphatic carbocycles. The lowest BCUT2D eigenvalue weighted by Gasteiger charge is -2.28. The molecule has 0 spiro atoms. The van der Waals surface area contributed by atoms with E-state index in [9.17, 15) is 0 Å². The first-order valence-corrected chi connectivity index (χ1v) is 11.0. The zero-order chi connectivity index (χ0) is 15.9. The van der Waals surface area contributed by atoms with Crippen LogP contribution < -0.4 is 4.98 Å². The highest BCUT2D eigenvalue weighted by Crippen LogP contribution is 2.40. The van der Waals surface area contributed by atoms with Gasteiger partial charge in [0, 0.05) is 0 Å². The topological polar surface area (TPSA) is 33.6 Å². The summed E-state index contributed by atoms with van der Waals surface area (Å²) in [4.78, 5) is 8.37. The normalized spacial score (nSPS) is 26.6. The summed E-state index contributed by atoms with van der Waals surface area (Å²) in [6, 6.07) is 1.06. The molecule has 118 valence electrons. The van der Waals surface area contributed by atoms with Crippen molar-refractivity contribution < 1.29 is 4.74 Å². The van der Waals surface area contributed by atoms with Gasteiger partial charge >= 0.3 is 0 Å². The van der Waals surface area contributed by atoms with Crippen LogP contribution in [0, 0.1) is 11.8 Å². The smallest absolute Gasteiger partial charge is 0.277 e. The summed E-state index contributed by atoms with van der Waals surface area (Å²) in [5, 5.41) is 1.55. The molecule has 0 saturated carbocycles. The lowest BCUT2D eigenvalue weighted by Crippen LogP contribution is -2.50. The second-order valence-corrected chi connectivity index (χ2v) is 11.4. The van der Waals surface area contributed by atoms with Crippen LogP contribution in [-0.2, 0) is 4.74 Å². The van der Waals surface area contributed by atoms with E-state index in [0.717, 1.165) is 6.02 Å². The Morgan fingerprint density at radius 1 is 1.19 bits per heavy atom. The van der Waals surface area contributed by atoms with Crippen molar-refractivity contribution in [1.29, 1.82) is 0 Å². The molecule has 1 aliphatic heterocycles. The van der Waals surface area contributed by atoms with Gasteiger partial charge in [-0.3, -0.25) is 0 Å². The molecule has 0 saturated heterocycles. The molecule has 2 rings (SSSR count). The average molecular weight is 307 g/mol. The number of ether oxygens (including phenoxy) is 1. The summed E-state index contributed by atoms with van der Waals surface area (Å²) in [7, 11) is -1.79. The molecule has 0 bridgehead atoms. The zero-order valence-electron chi connectivity index (χ0n) is 14.8. The fourth-order valence-corrected chi connectivity index (χ4v) is 6.58. The van der Waals surface area contributed by atoms with Gasteiger partial charge in [0.1, 0.15) is 6.61 Å². The first-order valence-electron chi connectivity index (χ1n) is 8.03. The highest BCUT2D eigenvalue weighted by molar-refractivity contribution is 6.84. The molecule has 4 heteroatoms. The fourth-order valence-electron chi connectivity index (χ4n) is 3.45. The van der Waals surface area contributed by atoms with E-state index < -0.39 is 8.24 Å². The molecule has 0 aromatic heterocycles. The Morgan fingerprint density at radius 2 is 1.81 bits per heavy atom. The van der Waals surface area contributed by atoms with Crippen molar-refractivity contribution in [3.63, 3.8) is 0 Å². The Morgan fingerprint density at radius 3 is 2.24 bits per heavy atom. The number of nitrogens with zero attached hydrogens (tertiary/aromatic N) is 1. The van der Waals surface area contributed by atoms with E-state index in [4.69, 9.17) is 9.73 Å². The Labute approximate surface area is 130 Å². The van der Waals surface area contributed by atoms with E-state index >= 15 is 0 Å². The van der Waals surface area contributed by atoms with E-state index in [0.29, 0.717) is 24.5 Å². The van der Waals surface area contributed by atoms with Gasteiger partial charge in [0.05, 0.1) is 6.04 Å². The van der Waals surface area contributed by atoms with E-state index in [1.165, 1.54) is 16.7 Å². The number of allylic oxidation sites excluding steroid dienone is 4. The second kappa shape index (κ2) is 5.63. The van der Waals surface area contributed by atoms with Crippen LogP contribution in [0.5, 0.6) is 0 Å². The predicted octanol–water partition coefficient (Wildman–Crippen LogP) is 4.03. The molecule has 2 atom stereocenters. The predicted molar refractivity (Wildman–Crippen MR) is 92.9 cm³/mol. The van der Waals surface area contributed by atoms with Crippen LogP contribution >= 0.6 is 0 Å². The molecule has 1 unspecified atom stereocenters. The maximum absolute atomic E-state index is 5.78. The average Bonchev–Trinajstić information content (AvgIpc) is 2.90.